The Hall–Kier alpha value is -0.660. The molecule has 1 heterocycles. The van der Waals surface area contributed by atoms with Crippen molar-refractivity contribution in [3.63, 3.8) is 0 Å². The SMILES string of the molecule is O=S1(=O)CC[C@H](NC[C@@H](O)COCc2ccccc2Cl)C1. The summed E-state index contributed by atoms with van der Waals surface area (Å²) in [6.45, 7) is 0.842. The van der Waals surface area contributed by atoms with Gasteiger partial charge in [0, 0.05) is 17.6 Å². The number of nitrogens with one attached hydrogen (secondary N) is 1. The first-order valence-electron chi connectivity index (χ1n) is 6.89. The van der Waals surface area contributed by atoms with Crippen molar-refractivity contribution in [1.82, 2.24) is 5.32 Å². The highest BCUT2D eigenvalue weighted by atomic mass is 35.5. The van der Waals surface area contributed by atoms with Crippen molar-refractivity contribution in [3.05, 3.63) is 34.9 Å². The Kier molecular flexibility index (Phi) is 6.01. The van der Waals surface area contributed by atoms with Gasteiger partial charge in [-0.05, 0) is 18.1 Å². The Morgan fingerprint density at radius 3 is 2.86 bits per heavy atom. The molecule has 0 amide bonds. The molecule has 2 N–H and O–H groups in total. The van der Waals surface area contributed by atoms with Gasteiger partial charge in [0.1, 0.15) is 0 Å². The molecule has 0 bridgehead atoms. The van der Waals surface area contributed by atoms with Gasteiger partial charge in [0.15, 0.2) is 9.84 Å². The van der Waals surface area contributed by atoms with E-state index in [1.165, 1.54) is 0 Å². The second kappa shape index (κ2) is 7.56. The van der Waals surface area contributed by atoms with Crippen molar-refractivity contribution in [2.24, 2.45) is 0 Å². The molecule has 1 aliphatic heterocycles. The second-order valence-corrected chi connectivity index (χ2v) is 7.90. The van der Waals surface area contributed by atoms with E-state index in [1.807, 2.05) is 18.2 Å². The average molecular weight is 334 g/mol. The molecule has 1 aliphatic rings. The first kappa shape index (κ1) is 16.7. The average Bonchev–Trinajstić information content (AvgIpc) is 2.78. The minimum absolute atomic E-state index is 0.0618. The van der Waals surface area contributed by atoms with E-state index in [4.69, 9.17) is 16.3 Å². The third kappa shape index (κ3) is 5.56. The molecule has 1 fully saturated rings. The number of sulfone groups is 1. The van der Waals surface area contributed by atoms with Crippen LogP contribution in [0.3, 0.4) is 0 Å². The smallest absolute Gasteiger partial charge is 0.151 e. The van der Waals surface area contributed by atoms with E-state index >= 15 is 0 Å². The molecular formula is C14H20ClNO4S. The largest absolute Gasteiger partial charge is 0.389 e. The molecule has 7 heteroatoms. The van der Waals surface area contributed by atoms with Crippen LogP contribution in [0.5, 0.6) is 0 Å². The molecule has 1 aromatic rings. The number of benzene rings is 1. The minimum atomic E-state index is -2.89. The van der Waals surface area contributed by atoms with Crippen LogP contribution in [0.2, 0.25) is 5.02 Å². The zero-order chi connectivity index (χ0) is 15.3. The molecule has 0 radical (unpaired) electrons. The van der Waals surface area contributed by atoms with Crippen molar-refractivity contribution in [2.45, 2.75) is 25.2 Å². The highest BCUT2D eigenvalue weighted by Crippen LogP contribution is 2.15. The Morgan fingerprint density at radius 2 is 2.19 bits per heavy atom. The summed E-state index contributed by atoms with van der Waals surface area (Å²) in [7, 11) is -2.89. The van der Waals surface area contributed by atoms with Crippen molar-refractivity contribution in [3.8, 4) is 0 Å². The number of hydrogen-bond donors (Lipinski definition) is 2. The maximum absolute atomic E-state index is 11.3. The van der Waals surface area contributed by atoms with Crippen LogP contribution in [0.15, 0.2) is 24.3 Å². The fraction of sp³-hybridized carbons (Fsp3) is 0.571. The highest BCUT2D eigenvalue weighted by molar-refractivity contribution is 7.91. The van der Waals surface area contributed by atoms with Crippen LogP contribution < -0.4 is 5.32 Å². The van der Waals surface area contributed by atoms with E-state index in [1.54, 1.807) is 6.07 Å². The van der Waals surface area contributed by atoms with Crippen LogP contribution in [0.25, 0.3) is 0 Å². The van der Waals surface area contributed by atoms with Crippen LogP contribution in [-0.2, 0) is 21.2 Å². The molecule has 0 saturated carbocycles. The summed E-state index contributed by atoms with van der Waals surface area (Å²) < 4.78 is 28.0. The summed E-state index contributed by atoms with van der Waals surface area (Å²) in [5.41, 5.74) is 0.876. The number of aliphatic hydroxyl groups excluding tert-OH is 1. The molecule has 0 spiro atoms. The molecule has 118 valence electrons. The number of ether oxygens (including phenoxy) is 1. The van der Waals surface area contributed by atoms with E-state index in [0.717, 1.165) is 5.56 Å². The second-order valence-electron chi connectivity index (χ2n) is 5.27. The first-order chi connectivity index (χ1) is 9.96. The fourth-order valence-corrected chi connectivity index (χ4v) is 4.14. The number of rotatable bonds is 7. The van der Waals surface area contributed by atoms with E-state index in [0.29, 0.717) is 24.6 Å². The van der Waals surface area contributed by atoms with Gasteiger partial charge in [-0.3, -0.25) is 0 Å². The predicted molar refractivity (Wildman–Crippen MR) is 82.2 cm³/mol. The predicted octanol–water partition coefficient (Wildman–Crippen LogP) is 0.994. The lowest BCUT2D eigenvalue weighted by Gasteiger charge is -2.15. The van der Waals surface area contributed by atoms with Gasteiger partial charge in [0.05, 0.1) is 30.8 Å². The van der Waals surface area contributed by atoms with E-state index < -0.39 is 15.9 Å². The standard InChI is InChI=1S/C14H20ClNO4S/c15-14-4-2-1-3-11(14)8-20-9-13(17)7-16-12-5-6-21(18,19)10-12/h1-4,12-13,16-17H,5-10H2/t12-,13+/m0/s1. The maximum atomic E-state index is 11.3. The van der Waals surface area contributed by atoms with Gasteiger partial charge in [-0.15, -0.1) is 0 Å². The van der Waals surface area contributed by atoms with Gasteiger partial charge < -0.3 is 15.2 Å². The number of hydrogen-bond acceptors (Lipinski definition) is 5. The van der Waals surface area contributed by atoms with Crippen LogP contribution in [-0.4, -0.2) is 50.3 Å². The summed E-state index contributed by atoms with van der Waals surface area (Å²) >= 11 is 6.00. The highest BCUT2D eigenvalue weighted by Gasteiger charge is 2.27. The van der Waals surface area contributed by atoms with Crippen LogP contribution >= 0.6 is 11.6 Å². The molecule has 1 saturated heterocycles. The topological polar surface area (TPSA) is 75.6 Å². The molecule has 1 aromatic carbocycles. The zero-order valence-corrected chi connectivity index (χ0v) is 13.2. The quantitative estimate of drug-likeness (QED) is 0.778. The Labute approximate surface area is 130 Å². The Bertz CT molecular complexity index is 564. The van der Waals surface area contributed by atoms with Crippen LogP contribution in [0.1, 0.15) is 12.0 Å². The molecule has 0 aliphatic carbocycles. The fourth-order valence-electron chi connectivity index (χ4n) is 2.24. The molecular weight excluding hydrogens is 314 g/mol. The molecule has 21 heavy (non-hydrogen) atoms. The molecule has 2 atom stereocenters. The van der Waals surface area contributed by atoms with Gasteiger partial charge >= 0.3 is 0 Å². The van der Waals surface area contributed by atoms with Gasteiger partial charge in [0.25, 0.3) is 0 Å². The third-order valence-corrected chi connectivity index (χ3v) is 5.54. The lowest BCUT2D eigenvalue weighted by Crippen LogP contribution is -2.38. The Balaban J connectivity index is 1.64. The maximum Gasteiger partial charge on any atom is 0.151 e. The van der Waals surface area contributed by atoms with Gasteiger partial charge in [0.2, 0.25) is 0 Å². The zero-order valence-electron chi connectivity index (χ0n) is 11.7. The number of aliphatic hydroxyl groups is 1. The summed E-state index contributed by atoms with van der Waals surface area (Å²) in [4.78, 5) is 0. The first-order valence-corrected chi connectivity index (χ1v) is 9.09. The molecule has 0 aromatic heterocycles. The van der Waals surface area contributed by atoms with E-state index in [2.05, 4.69) is 5.32 Å². The molecule has 5 nitrogen and oxygen atoms in total. The normalized spacial score (nSPS) is 22.3. The monoisotopic (exact) mass is 333 g/mol. The summed E-state index contributed by atoms with van der Waals surface area (Å²) in [5, 5.41) is 13.5. The van der Waals surface area contributed by atoms with E-state index in [-0.39, 0.29) is 24.2 Å². The van der Waals surface area contributed by atoms with Crippen molar-refractivity contribution < 1.29 is 18.3 Å². The summed E-state index contributed by atoms with van der Waals surface area (Å²) in [5.74, 6) is 0.379. The van der Waals surface area contributed by atoms with Crippen molar-refractivity contribution in [1.29, 1.82) is 0 Å². The van der Waals surface area contributed by atoms with Crippen molar-refractivity contribution >= 4 is 21.4 Å². The van der Waals surface area contributed by atoms with Gasteiger partial charge in [-0.1, -0.05) is 29.8 Å². The summed E-state index contributed by atoms with van der Waals surface area (Å²) in [6, 6.07) is 7.33. The van der Waals surface area contributed by atoms with E-state index in [9.17, 15) is 13.5 Å². The molecule has 0 unspecified atom stereocenters. The number of halogens is 1. The molecule has 2 rings (SSSR count). The van der Waals surface area contributed by atoms with Crippen molar-refractivity contribution in [2.75, 3.05) is 24.7 Å². The third-order valence-electron chi connectivity index (χ3n) is 3.40. The minimum Gasteiger partial charge on any atom is -0.389 e. The van der Waals surface area contributed by atoms with Gasteiger partial charge in [-0.25, -0.2) is 8.42 Å². The lowest BCUT2D eigenvalue weighted by atomic mass is 10.2. The lowest BCUT2D eigenvalue weighted by molar-refractivity contribution is 0.0279. The summed E-state index contributed by atoms with van der Waals surface area (Å²) in [6.07, 6.45) is -0.0639. The van der Waals surface area contributed by atoms with Crippen LogP contribution in [0, 0.1) is 0 Å². The Morgan fingerprint density at radius 1 is 1.43 bits per heavy atom. The van der Waals surface area contributed by atoms with Crippen LogP contribution in [0.4, 0.5) is 0 Å². The van der Waals surface area contributed by atoms with Gasteiger partial charge in [-0.2, -0.15) is 0 Å².